The maximum Gasteiger partial charge on any atom is 0.237 e. The molecule has 0 spiro atoms. The zero-order valence-corrected chi connectivity index (χ0v) is 15.3. The number of para-hydroxylation sites is 1. The number of hydrogen-bond donors (Lipinski definition) is 2. The number of anilines is 1. The number of nitrogens with zero attached hydrogens (tertiary/aromatic N) is 1. The van der Waals surface area contributed by atoms with Gasteiger partial charge in [-0.2, -0.15) is 0 Å². The monoisotopic (exact) mass is 365 g/mol. The van der Waals surface area contributed by atoms with Gasteiger partial charge >= 0.3 is 0 Å². The number of nitrogens with two attached hydrogens (primary N) is 1. The molecule has 2 aromatic carbocycles. The molecule has 0 aromatic heterocycles. The lowest BCUT2D eigenvalue weighted by molar-refractivity contribution is -0.126. The molecule has 140 valence electrons. The molecule has 0 unspecified atom stereocenters. The SMILES string of the molecule is CN1C(=O)[C@@](CCC(=O)NCC(N)=O)(Cc2ccccc2)c2ccccc21. The van der Waals surface area contributed by atoms with Crippen molar-refractivity contribution in [2.75, 3.05) is 18.5 Å². The van der Waals surface area contributed by atoms with Crippen LogP contribution in [0.15, 0.2) is 54.6 Å². The van der Waals surface area contributed by atoms with Crippen LogP contribution in [0.3, 0.4) is 0 Å². The lowest BCUT2D eigenvalue weighted by Crippen LogP contribution is -2.42. The van der Waals surface area contributed by atoms with Gasteiger partial charge in [0, 0.05) is 19.2 Å². The van der Waals surface area contributed by atoms with E-state index in [1.807, 2.05) is 54.6 Å². The Balaban J connectivity index is 1.92. The molecule has 1 heterocycles. The second-order valence-electron chi connectivity index (χ2n) is 6.87. The molecule has 1 aliphatic rings. The minimum Gasteiger partial charge on any atom is -0.368 e. The predicted octanol–water partition coefficient (Wildman–Crippen LogP) is 1.53. The van der Waals surface area contributed by atoms with Gasteiger partial charge in [0.15, 0.2) is 0 Å². The Morgan fingerprint density at radius 1 is 1.07 bits per heavy atom. The average Bonchev–Trinajstić information content (AvgIpc) is 2.88. The Morgan fingerprint density at radius 2 is 1.74 bits per heavy atom. The Labute approximate surface area is 158 Å². The molecule has 1 atom stereocenters. The van der Waals surface area contributed by atoms with Gasteiger partial charge in [-0.3, -0.25) is 14.4 Å². The van der Waals surface area contributed by atoms with Gasteiger partial charge in [0.05, 0.1) is 12.0 Å². The fraction of sp³-hybridized carbons (Fsp3) is 0.286. The predicted molar refractivity (Wildman–Crippen MR) is 103 cm³/mol. The van der Waals surface area contributed by atoms with Crippen molar-refractivity contribution in [3.05, 3.63) is 65.7 Å². The fourth-order valence-electron chi connectivity index (χ4n) is 3.76. The quantitative estimate of drug-likeness (QED) is 0.779. The topological polar surface area (TPSA) is 92.5 Å². The molecule has 6 nitrogen and oxygen atoms in total. The van der Waals surface area contributed by atoms with Crippen LogP contribution in [0.4, 0.5) is 5.69 Å². The molecule has 27 heavy (non-hydrogen) atoms. The normalized spacial score (nSPS) is 18.3. The lowest BCUT2D eigenvalue weighted by Gasteiger charge is -2.28. The van der Waals surface area contributed by atoms with Gasteiger partial charge in [0.1, 0.15) is 0 Å². The van der Waals surface area contributed by atoms with Gasteiger partial charge in [-0.1, -0.05) is 48.5 Å². The standard InChI is InChI=1S/C21H23N3O3/c1-24-17-10-6-5-9-16(17)21(20(24)27,13-15-7-3-2-4-8-15)12-11-19(26)23-14-18(22)25/h2-10H,11-14H2,1H3,(H2,22,25)(H,23,26)/t21-/m0/s1. The van der Waals surface area contributed by atoms with Gasteiger partial charge in [-0.15, -0.1) is 0 Å². The summed E-state index contributed by atoms with van der Waals surface area (Å²) >= 11 is 0. The van der Waals surface area contributed by atoms with Crippen molar-refractivity contribution in [3.8, 4) is 0 Å². The smallest absolute Gasteiger partial charge is 0.237 e. The Kier molecular flexibility index (Phi) is 5.26. The molecule has 0 saturated carbocycles. The molecule has 0 radical (unpaired) electrons. The first-order chi connectivity index (χ1) is 12.9. The third-order valence-electron chi connectivity index (χ3n) is 5.08. The lowest BCUT2D eigenvalue weighted by atomic mass is 9.73. The number of primary amides is 1. The summed E-state index contributed by atoms with van der Waals surface area (Å²) < 4.78 is 0. The third-order valence-corrected chi connectivity index (χ3v) is 5.08. The summed E-state index contributed by atoms with van der Waals surface area (Å²) in [7, 11) is 1.76. The van der Waals surface area contributed by atoms with E-state index >= 15 is 0 Å². The third kappa shape index (κ3) is 3.69. The van der Waals surface area contributed by atoms with Crippen LogP contribution >= 0.6 is 0 Å². The summed E-state index contributed by atoms with van der Waals surface area (Å²) in [5.41, 5.74) is 7.11. The molecule has 1 aliphatic heterocycles. The Morgan fingerprint density at radius 3 is 2.44 bits per heavy atom. The van der Waals surface area contributed by atoms with Crippen molar-refractivity contribution in [1.29, 1.82) is 0 Å². The van der Waals surface area contributed by atoms with E-state index in [-0.39, 0.29) is 24.8 Å². The largest absolute Gasteiger partial charge is 0.368 e. The zero-order valence-electron chi connectivity index (χ0n) is 15.3. The highest BCUT2D eigenvalue weighted by atomic mass is 16.2. The number of carbonyl (C=O) groups excluding carboxylic acids is 3. The average molecular weight is 365 g/mol. The molecular formula is C21H23N3O3. The van der Waals surface area contributed by atoms with Crippen LogP contribution in [0.25, 0.3) is 0 Å². The Bertz CT molecular complexity index is 866. The van der Waals surface area contributed by atoms with E-state index in [0.717, 1.165) is 16.8 Å². The van der Waals surface area contributed by atoms with Crippen LogP contribution in [0, 0.1) is 0 Å². The first-order valence-corrected chi connectivity index (χ1v) is 8.90. The molecule has 0 saturated heterocycles. The highest BCUT2D eigenvalue weighted by Crippen LogP contribution is 2.46. The maximum absolute atomic E-state index is 13.3. The van der Waals surface area contributed by atoms with Gasteiger partial charge in [0.2, 0.25) is 17.7 Å². The highest BCUT2D eigenvalue weighted by molar-refractivity contribution is 6.08. The van der Waals surface area contributed by atoms with Crippen LogP contribution in [0.2, 0.25) is 0 Å². The number of nitrogens with one attached hydrogen (secondary N) is 1. The minimum absolute atomic E-state index is 0.0183. The Hall–Kier alpha value is -3.15. The van der Waals surface area contributed by atoms with E-state index in [0.29, 0.717) is 12.8 Å². The summed E-state index contributed by atoms with van der Waals surface area (Å²) in [5.74, 6) is -0.902. The summed E-state index contributed by atoms with van der Waals surface area (Å²) in [4.78, 5) is 38.0. The van der Waals surface area contributed by atoms with E-state index in [1.54, 1.807) is 11.9 Å². The summed E-state index contributed by atoms with van der Waals surface area (Å²) in [5, 5.41) is 2.50. The van der Waals surface area contributed by atoms with Crippen molar-refractivity contribution in [1.82, 2.24) is 5.32 Å². The van der Waals surface area contributed by atoms with E-state index in [9.17, 15) is 14.4 Å². The summed E-state index contributed by atoms with van der Waals surface area (Å²) in [6.45, 7) is -0.199. The van der Waals surface area contributed by atoms with Crippen molar-refractivity contribution in [2.45, 2.75) is 24.7 Å². The molecule has 0 fully saturated rings. The molecular weight excluding hydrogens is 342 g/mol. The number of amides is 3. The molecule has 0 aliphatic carbocycles. The molecule has 6 heteroatoms. The maximum atomic E-state index is 13.3. The molecule has 0 bridgehead atoms. The first kappa shape index (κ1) is 18.6. The van der Waals surface area contributed by atoms with Gasteiger partial charge in [0.25, 0.3) is 0 Å². The van der Waals surface area contributed by atoms with E-state index in [4.69, 9.17) is 5.73 Å². The van der Waals surface area contributed by atoms with Crippen LogP contribution in [0.5, 0.6) is 0 Å². The summed E-state index contributed by atoms with van der Waals surface area (Å²) in [6, 6.07) is 17.5. The second kappa shape index (κ2) is 7.61. The number of hydrogen-bond acceptors (Lipinski definition) is 3. The number of fused-ring (bicyclic) bond motifs is 1. The van der Waals surface area contributed by atoms with Gasteiger partial charge < -0.3 is 16.0 Å². The second-order valence-corrected chi connectivity index (χ2v) is 6.87. The number of rotatable bonds is 7. The van der Waals surface area contributed by atoms with E-state index in [2.05, 4.69) is 5.32 Å². The van der Waals surface area contributed by atoms with Crippen LogP contribution < -0.4 is 16.0 Å². The van der Waals surface area contributed by atoms with Gasteiger partial charge in [-0.05, 0) is 30.0 Å². The number of likely N-dealkylation sites (N-methyl/N-ethyl adjacent to an activating group) is 1. The number of carbonyl (C=O) groups is 3. The van der Waals surface area contributed by atoms with Gasteiger partial charge in [-0.25, -0.2) is 0 Å². The van der Waals surface area contributed by atoms with Crippen LogP contribution in [-0.4, -0.2) is 31.3 Å². The van der Waals surface area contributed by atoms with Crippen molar-refractivity contribution >= 4 is 23.4 Å². The molecule has 2 aromatic rings. The minimum atomic E-state index is -0.809. The molecule has 3 amide bonds. The first-order valence-electron chi connectivity index (χ1n) is 8.90. The van der Waals surface area contributed by atoms with Crippen molar-refractivity contribution in [2.24, 2.45) is 5.73 Å². The van der Waals surface area contributed by atoms with Crippen LogP contribution in [0.1, 0.15) is 24.0 Å². The summed E-state index contributed by atoms with van der Waals surface area (Å²) in [6.07, 6.45) is 0.998. The van der Waals surface area contributed by atoms with Crippen molar-refractivity contribution in [3.63, 3.8) is 0 Å². The van der Waals surface area contributed by atoms with E-state index in [1.165, 1.54) is 0 Å². The van der Waals surface area contributed by atoms with Crippen molar-refractivity contribution < 1.29 is 14.4 Å². The number of benzene rings is 2. The molecule has 3 N–H and O–H groups in total. The van der Waals surface area contributed by atoms with Crippen LogP contribution in [-0.2, 0) is 26.2 Å². The highest BCUT2D eigenvalue weighted by Gasteiger charge is 2.49. The van der Waals surface area contributed by atoms with E-state index < -0.39 is 11.3 Å². The molecule has 3 rings (SSSR count). The fourth-order valence-corrected chi connectivity index (χ4v) is 3.76. The zero-order chi connectivity index (χ0) is 19.4.